The molecular formula is C6H15O4V. The first-order valence-corrected chi connectivity index (χ1v) is 3.74. The molecule has 0 rings (SSSR count). The minimum absolute atomic E-state index is 0. The molecule has 1 radical (unpaired) electrons. The van der Waals surface area contributed by atoms with Crippen LogP contribution in [0.1, 0.15) is 20.8 Å². The van der Waals surface area contributed by atoms with Gasteiger partial charge in [-0.3, -0.25) is 0 Å². The van der Waals surface area contributed by atoms with Crippen molar-refractivity contribution >= 4 is 0 Å². The Hall–Kier alpha value is 0.424. The first-order valence-electron chi connectivity index (χ1n) is 3.17. The van der Waals surface area contributed by atoms with E-state index in [0.717, 1.165) is 17.8 Å². The van der Waals surface area contributed by atoms with Crippen molar-refractivity contribution in [2.45, 2.75) is 20.8 Å². The Balaban J connectivity index is -0.0000000301. The van der Waals surface area contributed by atoms with Crippen molar-refractivity contribution in [2.24, 2.45) is 0 Å². The molecule has 0 aromatic carbocycles. The zero-order valence-corrected chi connectivity index (χ0v) is 8.60. The summed E-state index contributed by atoms with van der Waals surface area (Å²) in [6, 6.07) is 0. The molecule has 0 bridgehead atoms. The van der Waals surface area contributed by atoms with Gasteiger partial charge in [-0.05, 0) is 0 Å². The Morgan fingerprint density at radius 2 is 0.818 bits per heavy atom. The van der Waals surface area contributed by atoms with Gasteiger partial charge in [-0.2, -0.15) is 0 Å². The van der Waals surface area contributed by atoms with Gasteiger partial charge < -0.3 is 15.3 Å². The predicted octanol–water partition coefficient (Wildman–Crippen LogP) is -2.02. The van der Waals surface area contributed by atoms with Gasteiger partial charge in [0, 0.05) is 0 Å². The van der Waals surface area contributed by atoms with Crippen LogP contribution in [-0.2, 0) is 21.8 Å². The number of rotatable bonds is 0. The average Bonchev–Trinajstić information content (AvgIpc) is 1.96. The number of hydrogen-bond acceptors (Lipinski definition) is 3. The summed E-state index contributed by atoms with van der Waals surface area (Å²) in [4.78, 5) is 0. The summed E-state index contributed by atoms with van der Waals surface area (Å²) < 4.78 is 8.19. The van der Waals surface area contributed by atoms with Gasteiger partial charge in [-0.1, -0.05) is 20.8 Å². The molecule has 0 aromatic rings. The van der Waals surface area contributed by atoms with Crippen molar-refractivity contribution in [3.8, 4) is 0 Å². The standard InChI is InChI=1S/3C2H5O.O.V/c3*1-2-3;;/h3*2H2,1H3;;/q3*-1;;+3. The zero-order chi connectivity index (χ0) is 10.1. The molecule has 0 aliphatic heterocycles. The van der Waals surface area contributed by atoms with E-state index in [0.29, 0.717) is 0 Å². The molecule has 0 saturated carbocycles. The van der Waals surface area contributed by atoms with Crippen molar-refractivity contribution < 1.29 is 37.1 Å². The second kappa shape index (κ2) is 79.0. The molecule has 4 nitrogen and oxygen atoms in total. The SMILES string of the molecule is CC[O-].CC[O-].CC[O-].[O][V+3]. The molecule has 0 N–H and O–H groups in total. The van der Waals surface area contributed by atoms with Gasteiger partial charge in [0.2, 0.25) is 0 Å². The van der Waals surface area contributed by atoms with Gasteiger partial charge in [-0.15, -0.1) is 19.8 Å². The second-order valence-corrected chi connectivity index (χ2v) is 0.866. The maximum atomic E-state index is 8.93. The fourth-order valence-corrected chi connectivity index (χ4v) is 0. The van der Waals surface area contributed by atoms with Crippen molar-refractivity contribution in [3.05, 3.63) is 0 Å². The first-order chi connectivity index (χ1) is 5.24. The van der Waals surface area contributed by atoms with E-state index in [1.165, 1.54) is 0 Å². The monoisotopic (exact) mass is 202 g/mol. The van der Waals surface area contributed by atoms with Crippen molar-refractivity contribution in [3.63, 3.8) is 0 Å². The summed E-state index contributed by atoms with van der Waals surface area (Å²) in [6.45, 7) is 4.71. The summed E-state index contributed by atoms with van der Waals surface area (Å²) in [5.41, 5.74) is 0. The van der Waals surface area contributed by atoms with E-state index >= 15 is 0 Å². The molecule has 0 heterocycles. The van der Waals surface area contributed by atoms with Crippen LogP contribution in [0.15, 0.2) is 0 Å². The van der Waals surface area contributed by atoms with Gasteiger partial charge >= 0.3 is 21.8 Å². The molecule has 0 saturated heterocycles. The molecule has 0 spiro atoms. The predicted molar refractivity (Wildman–Crippen MR) is 32.3 cm³/mol. The van der Waals surface area contributed by atoms with E-state index in [1.54, 1.807) is 20.8 Å². The van der Waals surface area contributed by atoms with Gasteiger partial charge in [0.05, 0.1) is 0 Å². The molecule has 0 atom stereocenters. The van der Waals surface area contributed by atoms with Crippen LogP contribution in [0.4, 0.5) is 0 Å². The summed E-state index contributed by atoms with van der Waals surface area (Å²) in [6.07, 6.45) is 0. The molecule has 68 valence electrons. The van der Waals surface area contributed by atoms with E-state index in [4.69, 9.17) is 19.4 Å². The maximum absolute atomic E-state index is 8.93. The Labute approximate surface area is 78.2 Å². The average molecular weight is 202 g/mol. The van der Waals surface area contributed by atoms with Crippen LogP contribution >= 0.6 is 0 Å². The molecule has 0 amide bonds. The van der Waals surface area contributed by atoms with Crippen molar-refractivity contribution in [1.82, 2.24) is 0 Å². The first kappa shape index (κ1) is 22.5. The summed E-state index contributed by atoms with van der Waals surface area (Å²) in [5, 5.41) is 26.8. The fraction of sp³-hybridized carbons (Fsp3) is 1.00. The Bertz CT molecular complexity index is 19.3. The summed E-state index contributed by atoms with van der Waals surface area (Å²) >= 11 is 1.06. The Morgan fingerprint density at radius 1 is 0.818 bits per heavy atom. The van der Waals surface area contributed by atoms with Crippen molar-refractivity contribution in [2.75, 3.05) is 19.8 Å². The molecule has 0 aliphatic carbocycles. The van der Waals surface area contributed by atoms with Gasteiger partial charge in [-0.25, -0.2) is 0 Å². The zero-order valence-electron chi connectivity index (χ0n) is 7.20. The van der Waals surface area contributed by atoms with E-state index in [9.17, 15) is 0 Å². The van der Waals surface area contributed by atoms with E-state index < -0.39 is 0 Å². The van der Waals surface area contributed by atoms with Crippen LogP contribution in [0.25, 0.3) is 0 Å². The van der Waals surface area contributed by atoms with Crippen LogP contribution in [0.3, 0.4) is 0 Å². The van der Waals surface area contributed by atoms with Crippen LogP contribution in [0.2, 0.25) is 0 Å². The topological polar surface area (TPSA) is 89.1 Å². The summed E-state index contributed by atoms with van der Waals surface area (Å²) in [5.74, 6) is 0. The van der Waals surface area contributed by atoms with Crippen LogP contribution < -0.4 is 15.3 Å². The van der Waals surface area contributed by atoms with Gasteiger partial charge in [0.15, 0.2) is 0 Å². The minimum atomic E-state index is 0. The van der Waals surface area contributed by atoms with Crippen LogP contribution in [0.5, 0.6) is 0 Å². The van der Waals surface area contributed by atoms with E-state index in [-0.39, 0.29) is 19.8 Å². The molecule has 0 aliphatic rings. The molecule has 5 heteroatoms. The quantitative estimate of drug-likeness (QED) is 0.454. The van der Waals surface area contributed by atoms with E-state index in [2.05, 4.69) is 0 Å². The molecule has 0 unspecified atom stereocenters. The van der Waals surface area contributed by atoms with Gasteiger partial charge in [0.1, 0.15) is 0 Å². The second-order valence-electron chi connectivity index (χ2n) is 0.866. The number of hydrogen-bond donors (Lipinski definition) is 0. The molecule has 11 heavy (non-hydrogen) atoms. The molecule has 0 aromatic heterocycles. The molecule has 0 fully saturated rings. The van der Waals surface area contributed by atoms with Crippen molar-refractivity contribution in [1.29, 1.82) is 0 Å². The third-order valence-electron chi connectivity index (χ3n) is 0. The third-order valence-corrected chi connectivity index (χ3v) is 0. The summed E-state index contributed by atoms with van der Waals surface area (Å²) in [7, 11) is 0. The fourth-order valence-electron chi connectivity index (χ4n) is 0. The van der Waals surface area contributed by atoms with Crippen LogP contribution in [0, 0.1) is 0 Å². The normalized spacial score (nSPS) is 5.55. The Kier molecular flexibility index (Phi) is 162. The van der Waals surface area contributed by atoms with Crippen LogP contribution in [-0.4, -0.2) is 19.8 Å². The Morgan fingerprint density at radius 3 is 0.818 bits per heavy atom. The van der Waals surface area contributed by atoms with E-state index in [1.807, 2.05) is 0 Å². The third kappa shape index (κ3) is 4110. The van der Waals surface area contributed by atoms with Gasteiger partial charge in [0.25, 0.3) is 0 Å². The molecular weight excluding hydrogens is 187 g/mol.